The molecule has 0 aliphatic heterocycles. The number of methoxy groups -OCH3 is 2. The molecule has 1 aromatic carbocycles. The summed E-state index contributed by atoms with van der Waals surface area (Å²) in [6.45, 7) is 0. The fraction of sp³-hybridized carbons (Fsp3) is 0.375. The van der Waals surface area contributed by atoms with Crippen LogP contribution in [0.3, 0.4) is 0 Å². The van der Waals surface area contributed by atoms with E-state index < -0.39 is 0 Å². The minimum absolute atomic E-state index is 0.254. The van der Waals surface area contributed by atoms with Gasteiger partial charge in [-0.2, -0.15) is 11.8 Å². The first-order valence-corrected chi connectivity index (χ1v) is 7.93. The highest BCUT2D eigenvalue weighted by molar-refractivity contribution is 7.98. The van der Waals surface area contributed by atoms with Gasteiger partial charge in [0.2, 0.25) is 0 Å². The van der Waals surface area contributed by atoms with E-state index >= 15 is 0 Å². The van der Waals surface area contributed by atoms with E-state index in [1.54, 1.807) is 20.5 Å². The van der Waals surface area contributed by atoms with E-state index in [0.717, 1.165) is 28.8 Å². The molecule has 0 aliphatic rings. The maximum absolute atomic E-state index is 5.36. The van der Waals surface area contributed by atoms with Crippen molar-refractivity contribution in [3.05, 3.63) is 47.9 Å². The van der Waals surface area contributed by atoms with Crippen LogP contribution in [0.1, 0.15) is 17.4 Å². The monoisotopic (exact) mass is 307 g/mol. The van der Waals surface area contributed by atoms with E-state index in [1.807, 2.05) is 43.1 Å². The van der Waals surface area contributed by atoms with Crippen LogP contribution in [0.2, 0.25) is 0 Å². The third-order valence-corrected chi connectivity index (χ3v) is 4.33. The molecule has 21 heavy (non-hydrogen) atoms. The molecule has 2 aromatic rings. The van der Waals surface area contributed by atoms with E-state index in [9.17, 15) is 0 Å². The largest absolute Gasteiger partial charge is 0.493 e. The Hall–Kier alpha value is -1.59. The minimum atomic E-state index is 0.254. The molecule has 1 aromatic heterocycles. The summed E-state index contributed by atoms with van der Waals surface area (Å²) in [6.07, 6.45) is 1.71. The highest BCUT2D eigenvalue weighted by Gasteiger charge is 2.13. The molecule has 1 atom stereocenters. The van der Waals surface area contributed by atoms with E-state index in [1.165, 1.54) is 5.56 Å². The number of ether oxygens (including phenoxy) is 2. The van der Waals surface area contributed by atoms with Gasteiger partial charge in [0.05, 0.1) is 26.2 Å². The van der Waals surface area contributed by atoms with Gasteiger partial charge in [-0.3, -0.25) is 0 Å². The Morgan fingerprint density at radius 3 is 2.62 bits per heavy atom. The highest BCUT2D eigenvalue weighted by atomic mass is 32.2. The smallest absolute Gasteiger partial charge is 0.161 e. The zero-order valence-electron chi connectivity index (χ0n) is 12.6. The Kier molecular flexibility index (Phi) is 6.02. The molecular weight excluding hydrogens is 286 g/mol. The fourth-order valence-electron chi connectivity index (χ4n) is 2.09. The molecule has 0 spiro atoms. The summed E-state index contributed by atoms with van der Waals surface area (Å²) in [5.74, 6) is 4.33. The zero-order chi connectivity index (χ0) is 15.1. The standard InChI is InChI=1S/C16H21NO3S/c1-17-14(11-21-10-13-5-4-8-20-13)12-6-7-15(18-2)16(9-12)19-3/h4-9,14,17H,10-11H2,1-3H3. The lowest BCUT2D eigenvalue weighted by Gasteiger charge is -2.18. The maximum atomic E-state index is 5.36. The Labute approximate surface area is 129 Å². The van der Waals surface area contributed by atoms with Gasteiger partial charge in [0.15, 0.2) is 11.5 Å². The predicted molar refractivity (Wildman–Crippen MR) is 86.2 cm³/mol. The summed E-state index contributed by atoms with van der Waals surface area (Å²) in [5, 5.41) is 3.34. The zero-order valence-corrected chi connectivity index (χ0v) is 13.4. The van der Waals surface area contributed by atoms with Gasteiger partial charge in [-0.1, -0.05) is 6.07 Å². The molecule has 114 valence electrons. The molecule has 0 bridgehead atoms. The van der Waals surface area contributed by atoms with Crippen LogP contribution in [0.5, 0.6) is 11.5 Å². The van der Waals surface area contributed by atoms with Crippen LogP contribution in [0.4, 0.5) is 0 Å². The van der Waals surface area contributed by atoms with Crippen molar-refractivity contribution < 1.29 is 13.9 Å². The second-order valence-electron chi connectivity index (χ2n) is 4.55. The van der Waals surface area contributed by atoms with Gasteiger partial charge in [0.1, 0.15) is 5.76 Å². The molecule has 0 amide bonds. The molecule has 0 saturated carbocycles. The number of rotatable bonds is 8. The summed E-state index contributed by atoms with van der Waals surface area (Å²) in [6, 6.07) is 10.2. The second kappa shape index (κ2) is 8.00. The summed E-state index contributed by atoms with van der Waals surface area (Å²) in [7, 11) is 5.27. The molecule has 0 saturated heterocycles. The van der Waals surface area contributed by atoms with Crippen molar-refractivity contribution >= 4 is 11.8 Å². The molecule has 1 heterocycles. The van der Waals surface area contributed by atoms with Gasteiger partial charge in [0, 0.05) is 11.8 Å². The Morgan fingerprint density at radius 2 is 2.00 bits per heavy atom. The van der Waals surface area contributed by atoms with E-state index in [-0.39, 0.29) is 6.04 Å². The topological polar surface area (TPSA) is 43.6 Å². The van der Waals surface area contributed by atoms with Crippen molar-refractivity contribution in [2.75, 3.05) is 27.0 Å². The van der Waals surface area contributed by atoms with Crippen molar-refractivity contribution in [2.24, 2.45) is 0 Å². The second-order valence-corrected chi connectivity index (χ2v) is 5.58. The summed E-state index contributed by atoms with van der Waals surface area (Å²) in [4.78, 5) is 0. The van der Waals surface area contributed by atoms with Crippen LogP contribution in [0.15, 0.2) is 41.0 Å². The fourth-order valence-corrected chi connectivity index (χ4v) is 3.17. The molecule has 1 unspecified atom stereocenters. The van der Waals surface area contributed by atoms with Gasteiger partial charge in [-0.25, -0.2) is 0 Å². The van der Waals surface area contributed by atoms with Crippen LogP contribution < -0.4 is 14.8 Å². The molecule has 4 nitrogen and oxygen atoms in total. The Morgan fingerprint density at radius 1 is 1.19 bits per heavy atom. The van der Waals surface area contributed by atoms with E-state index in [0.29, 0.717) is 0 Å². The molecule has 5 heteroatoms. The van der Waals surface area contributed by atoms with Crippen molar-refractivity contribution in [3.8, 4) is 11.5 Å². The van der Waals surface area contributed by atoms with Gasteiger partial charge in [-0.05, 0) is 36.9 Å². The Bertz CT molecular complexity index is 542. The predicted octanol–water partition coefficient (Wildman–Crippen LogP) is 3.49. The highest BCUT2D eigenvalue weighted by Crippen LogP contribution is 2.31. The van der Waals surface area contributed by atoms with Crippen LogP contribution in [0, 0.1) is 0 Å². The molecule has 0 fully saturated rings. The first kappa shape index (κ1) is 15.8. The first-order chi connectivity index (χ1) is 10.3. The minimum Gasteiger partial charge on any atom is -0.493 e. The quantitative estimate of drug-likeness (QED) is 0.808. The lowest BCUT2D eigenvalue weighted by Crippen LogP contribution is -2.18. The SMILES string of the molecule is CNC(CSCc1ccco1)c1ccc(OC)c(OC)c1. The van der Waals surface area contributed by atoms with Gasteiger partial charge < -0.3 is 19.2 Å². The van der Waals surface area contributed by atoms with Gasteiger partial charge >= 0.3 is 0 Å². The molecule has 0 radical (unpaired) electrons. The lowest BCUT2D eigenvalue weighted by molar-refractivity contribution is 0.354. The number of furan rings is 1. The lowest BCUT2D eigenvalue weighted by atomic mass is 10.1. The van der Waals surface area contributed by atoms with Crippen LogP contribution >= 0.6 is 11.8 Å². The van der Waals surface area contributed by atoms with Crippen molar-refractivity contribution in [1.82, 2.24) is 5.32 Å². The van der Waals surface area contributed by atoms with E-state index in [2.05, 4.69) is 11.4 Å². The van der Waals surface area contributed by atoms with Gasteiger partial charge in [-0.15, -0.1) is 0 Å². The van der Waals surface area contributed by atoms with Crippen molar-refractivity contribution in [1.29, 1.82) is 0 Å². The van der Waals surface area contributed by atoms with Crippen LogP contribution in [0.25, 0.3) is 0 Å². The Balaban J connectivity index is 1.99. The van der Waals surface area contributed by atoms with Crippen molar-refractivity contribution in [3.63, 3.8) is 0 Å². The average Bonchev–Trinajstić information content (AvgIpc) is 3.04. The number of benzene rings is 1. The third-order valence-electron chi connectivity index (χ3n) is 3.27. The summed E-state index contributed by atoms with van der Waals surface area (Å²) in [5.41, 5.74) is 1.18. The summed E-state index contributed by atoms with van der Waals surface area (Å²) >= 11 is 1.83. The molecule has 2 rings (SSSR count). The van der Waals surface area contributed by atoms with Gasteiger partial charge in [0.25, 0.3) is 0 Å². The maximum Gasteiger partial charge on any atom is 0.161 e. The number of hydrogen-bond acceptors (Lipinski definition) is 5. The molecule has 0 aliphatic carbocycles. The average molecular weight is 307 g/mol. The first-order valence-electron chi connectivity index (χ1n) is 6.77. The van der Waals surface area contributed by atoms with Crippen LogP contribution in [-0.2, 0) is 5.75 Å². The number of nitrogens with one attached hydrogen (secondary N) is 1. The summed E-state index contributed by atoms with van der Waals surface area (Å²) < 4.78 is 16.0. The molecular formula is C16H21NO3S. The third kappa shape index (κ3) is 4.19. The number of thioether (sulfide) groups is 1. The molecule has 1 N–H and O–H groups in total. The normalized spacial score (nSPS) is 12.1. The number of hydrogen-bond donors (Lipinski definition) is 1. The van der Waals surface area contributed by atoms with Crippen molar-refractivity contribution in [2.45, 2.75) is 11.8 Å². The van der Waals surface area contributed by atoms with E-state index in [4.69, 9.17) is 13.9 Å². The van der Waals surface area contributed by atoms with Crippen LogP contribution in [-0.4, -0.2) is 27.0 Å².